The van der Waals surface area contributed by atoms with E-state index in [0.29, 0.717) is 19.4 Å². The lowest BCUT2D eigenvalue weighted by Crippen LogP contribution is -2.32. The molecule has 1 aliphatic rings. The summed E-state index contributed by atoms with van der Waals surface area (Å²) in [6.45, 7) is 4.59. The molecule has 140 valence electrons. The molecular formula is C20H27N3O3. The van der Waals surface area contributed by atoms with Crippen LogP contribution in [0.1, 0.15) is 41.7 Å². The van der Waals surface area contributed by atoms with Gasteiger partial charge in [0.2, 0.25) is 5.91 Å². The third-order valence-electron chi connectivity index (χ3n) is 5.14. The second-order valence-corrected chi connectivity index (χ2v) is 6.84. The van der Waals surface area contributed by atoms with Crippen molar-refractivity contribution >= 4 is 5.91 Å². The first-order valence-corrected chi connectivity index (χ1v) is 9.00. The smallest absolute Gasteiger partial charge is 0.223 e. The van der Waals surface area contributed by atoms with E-state index in [0.717, 1.165) is 34.9 Å². The number of nitrogens with one attached hydrogen (secondary N) is 1. The number of likely N-dealkylation sites (tertiary alicyclic amines) is 1. The van der Waals surface area contributed by atoms with E-state index in [1.807, 2.05) is 43.0 Å². The Morgan fingerprint density at radius 3 is 2.81 bits per heavy atom. The summed E-state index contributed by atoms with van der Waals surface area (Å²) in [6, 6.07) is 7.81. The van der Waals surface area contributed by atoms with E-state index < -0.39 is 0 Å². The molecule has 1 amide bonds. The molecule has 2 atom stereocenters. The van der Waals surface area contributed by atoms with E-state index in [1.165, 1.54) is 0 Å². The van der Waals surface area contributed by atoms with Crippen molar-refractivity contribution < 1.29 is 14.3 Å². The zero-order valence-electron chi connectivity index (χ0n) is 15.9. The minimum atomic E-state index is -0.0508. The highest BCUT2D eigenvalue weighted by molar-refractivity contribution is 5.77. The molecule has 1 aromatic carbocycles. The lowest BCUT2D eigenvalue weighted by molar-refractivity contribution is -0.132. The number of ether oxygens (including phenoxy) is 2. The van der Waals surface area contributed by atoms with Gasteiger partial charge in [-0.1, -0.05) is 12.1 Å². The standard InChI is InChI=1S/C20H27N3O3/c1-13-14(2)22-20(21-13)18-11-17(26-4)12-23(18)19(24)9-8-15-6-5-7-16(10-15)25-3/h5-7,10,17-18H,8-9,11-12H2,1-4H3,(H,21,22)/t17-,18+/m1/s1. The van der Waals surface area contributed by atoms with E-state index in [-0.39, 0.29) is 18.1 Å². The van der Waals surface area contributed by atoms with Gasteiger partial charge in [-0.05, 0) is 38.0 Å². The maximum absolute atomic E-state index is 12.9. The van der Waals surface area contributed by atoms with Crippen molar-refractivity contribution in [3.05, 3.63) is 47.0 Å². The Kier molecular flexibility index (Phi) is 5.61. The van der Waals surface area contributed by atoms with Crippen LogP contribution in [-0.2, 0) is 16.0 Å². The molecular weight excluding hydrogens is 330 g/mol. The van der Waals surface area contributed by atoms with Crippen LogP contribution in [0.5, 0.6) is 5.75 Å². The van der Waals surface area contributed by atoms with Gasteiger partial charge < -0.3 is 19.4 Å². The Bertz CT molecular complexity index is 752. The fourth-order valence-electron chi connectivity index (χ4n) is 3.46. The SMILES string of the molecule is COc1cccc(CCC(=O)N2C[C@H](OC)C[C@H]2c2nc(C)c(C)[nH]2)c1. The first-order valence-electron chi connectivity index (χ1n) is 9.00. The Morgan fingerprint density at radius 2 is 2.15 bits per heavy atom. The van der Waals surface area contributed by atoms with Crippen LogP contribution in [0, 0.1) is 13.8 Å². The number of imidazole rings is 1. The second kappa shape index (κ2) is 7.91. The quantitative estimate of drug-likeness (QED) is 0.863. The maximum atomic E-state index is 12.9. The van der Waals surface area contributed by atoms with E-state index >= 15 is 0 Å². The normalized spacial score (nSPS) is 19.8. The lowest BCUT2D eigenvalue weighted by Gasteiger charge is -2.23. The van der Waals surface area contributed by atoms with Crippen LogP contribution in [0.15, 0.2) is 24.3 Å². The number of carbonyl (C=O) groups is 1. The van der Waals surface area contributed by atoms with Gasteiger partial charge in [-0.3, -0.25) is 4.79 Å². The van der Waals surface area contributed by atoms with Crippen molar-refractivity contribution in [2.75, 3.05) is 20.8 Å². The monoisotopic (exact) mass is 357 g/mol. The molecule has 0 unspecified atom stereocenters. The average molecular weight is 357 g/mol. The number of aryl methyl sites for hydroxylation is 3. The summed E-state index contributed by atoms with van der Waals surface area (Å²) in [7, 11) is 3.35. The minimum Gasteiger partial charge on any atom is -0.497 e. The molecule has 0 saturated carbocycles. The summed E-state index contributed by atoms with van der Waals surface area (Å²) in [4.78, 5) is 22.8. The van der Waals surface area contributed by atoms with E-state index in [2.05, 4.69) is 9.97 Å². The summed E-state index contributed by atoms with van der Waals surface area (Å²) >= 11 is 0. The summed E-state index contributed by atoms with van der Waals surface area (Å²) in [5, 5.41) is 0. The Morgan fingerprint density at radius 1 is 1.35 bits per heavy atom. The number of carbonyl (C=O) groups excluding carboxylic acids is 1. The summed E-state index contributed by atoms with van der Waals surface area (Å²) in [5.74, 6) is 1.80. The number of nitrogens with zero attached hydrogens (tertiary/aromatic N) is 2. The predicted molar refractivity (Wildman–Crippen MR) is 99.2 cm³/mol. The Balaban J connectivity index is 1.70. The zero-order valence-corrected chi connectivity index (χ0v) is 15.9. The molecule has 0 spiro atoms. The van der Waals surface area contributed by atoms with Crippen molar-refractivity contribution in [3.63, 3.8) is 0 Å². The van der Waals surface area contributed by atoms with Crippen LogP contribution in [0.4, 0.5) is 0 Å². The number of amides is 1. The molecule has 6 heteroatoms. The van der Waals surface area contributed by atoms with Gasteiger partial charge in [0.1, 0.15) is 11.6 Å². The molecule has 1 fully saturated rings. The minimum absolute atomic E-state index is 0.0477. The molecule has 2 heterocycles. The van der Waals surface area contributed by atoms with Crippen LogP contribution in [0.2, 0.25) is 0 Å². The lowest BCUT2D eigenvalue weighted by atomic mass is 10.1. The number of H-pyrrole nitrogens is 1. The molecule has 0 radical (unpaired) electrons. The second-order valence-electron chi connectivity index (χ2n) is 6.84. The number of aromatic nitrogens is 2. The first kappa shape index (κ1) is 18.5. The molecule has 6 nitrogen and oxygen atoms in total. The number of aromatic amines is 1. The van der Waals surface area contributed by atoms with Gasteiger partial charge in [-0.2, -0.15) is 0 Å². The third-order valence-corrected chi connectivity index (χ3v) is 5.14. The fourth-order valence-corrected chi connectivity index (χ4v) is 3.46. The fraction of sp³-hybridized carbons (Fsp3) is 0.500. The number of hydrogen-bond donors (Lipinski definition) is 1. The molecule has 1 saturated heterocycles. The number of hydrogen-bond acceptors (Lipinski definition) is 4. The van der Waals surface area contributed by atoms with Crippen LogP contribution in [0.25, 0.3) is 0 Å². The molecule has 0 aliphatic carbocycles. The van der Waals surface area contributed by atoms with Gasteiger partial charge in [-0.15, -0.1) is 0 Å². The molecule has 26 heavy (non-hydrogen) atoms. The largest absolute Gasteiger partial charge is 0.497 e. The highest BCUT2D eigenvalue weighted by atomic mass is 16.5. The van der Waals surface area contributed by atoms with Gasteiger partial charge in [0.05, 0.1) is 24.9 Å². The molecule has 2 aromatic rings. The van der Waals surface area contributed by atoms with E-state index in [4.69, 9.17) is 9.47 Å². The van der Waals surface area contributed by atoms with Crippen LogP contribution < -0.4 is 4.74 Å². The topological polar surface area (TPSA) is 67.4 Å². The van der Waals surface area contributed by atoms with Crippen LogP contribution in [-0.4, -0.2) is 47.6 Å². The molecule has 1 aliphatic heterocycles. The average Bonchev–Trinajstić information content (AvgIpc) is 3.23. The highest BCUT2D eigenvalue weighted by Gasteiger charge is 2.37. The van der Waals surface area contributed by atoms with Gasteiger partial charge in [0.15, 0.2) is 0 Å². The van der Waals surface area contributed by atoms with Gasteiger partial charge in [-0.25, -0.2) is 4.98 Å². The summed E-state index contributed by atoms with van der Waals surface area (Å²) in [5.41, 5.74) is 3.12. The van der Waals surface area contributed by atoms with Gasteiger partial charge in [0.25, 0.3) is 0 Å². The van der Waals surface area contributed by atoms with Crippen molar-refractivity contribution in [3.8, 4) is 5.75 Å². The first-order chi connectivity index (χ1) is 12.5. The summed E-state index contributed by atoms with van der Waals surface area (Å²) in [6.07, 6.45) is 1.96. The molecule has 3 rings (SSSR count). The highest BCUT2D eigenvalue weighted by Crippen LogP contribution is 2.33. The summed E-state index contributed by atoms with van der Waals surface area (Å²) < 4.78 is 10.8. The third kappa shape index (κ3) is 3.90. The predicted octanol–water partition coefficient (Wildman–Crippen LogP) is 2.96. The Labute approximate surface area is 154 Å². The van der Waals surface area contributed by atoms with E-state index in [1.54, 1.807) is 14.2 Å². The number of methoxy groups -OCH3 is 2. The van der Waals surface area contributed by atoms with Crippen LogP contribution in [0.3, 0.4) is 0 Å². The van der Waals surface area contributed by atoms with E-state index in [9.17, 15) is 4.79 Å². The van der Waals surface area contributed by atoms with Crippen LogP contribution >= 0.6 is 0 Å². The number of rotatable bonds is 6. The number of benzene rings is 1. The molecule has 0 bridgehead atoms. The van der Waals surface area contributed by atoms with Crippen molar-refractivity contribution in [1.29, 1.82) is 0 Å². The van der Waals surface area contributed by atoms with Crippen molar-refractivity contribution in [2.45, 2.75) is 45.3 Å². The van der Waals surface area contributed by atoms with Gasteiger partial charge >= 0.3 is 0 Å². The van der Waals surface area contributed by atoms with Crippen molar-refractivity contribution in [1.82, 2.24) is 14.9 Å². The maximum Gasteiger partial charge on any atom is 0.223 e. The Hall–Kier alpha value is -2.34. The van der Waals surface area contributed by atoms with Crippen molar-refractivity contribution in [2.24, 2.45) is 0 Å². The zero-order chi connectivity index (χ0) is 18.7. The van der Waals surface area contributed by atoms with Gasteiger partial charge in [0, 0.05) is 32.2 Å². The molecule has 1 N–H and O–H groups in total. The molecule has 1 aromatic heterocycles.